The lowest BCUT2D eigenvalue weighted by atomic mass is 10.2. The molecule has 100 valence electrons. The van der Waals surface area contributed by atoms with Gasteiger partial charge in [-0.3, -0.25) is 0 Å². The van der Waals surface area contributed by atoms with Crippen LogP contribution in [0.4, 0.5) is 26.0 Å². The number of aromatic nitrogens is 1. The highest BCUT2D eigenvalue weighted by Crippen LogP contribution is 2.21. The van der Waals surface area contributed by atoms with E-state index in [2.05, 4.69) is 15.0 Å². The summed E-state index contributed by atoms with van der Waals surface area (Å²) in [6.45, 7) is -0.958. The molecule has 1 aromatic carbocycles. The molecule has 2 aromatic rings. The van der Waals surface area contributed by atoms with Crippen molar-refractivity contribution in [3.05, 3.63) is 42.1 Å². The number of alkyl halides is 2. The monoisotopic (exact) mass is 265 g/mol. The Kier molecular flexibility index (Phi) is 3.79. The van der Waals surface area contributed by atoms with Gasteiger partial charge in [0.1, 0.15) is 11.6 Å². The summed E-state index contributed by atoms with van der Waals surface area (Å²) in [5, 5.41) is 3.02. The number of nitrogens with two attached hydrogens (primary N) is 1. The molecule has 0 amide bonds. The first-order chi connectivity index (χ1) is 9.04. The maximum absolute atomic E-state index is 12.0. The molecule has 0 saturated heterocycles. The van der Waals surface area contributed by atoms with Crippen molar-refractivity contribution < 1.29 is 13.5 Å². The average molecular weight is 265 g/mol. The van der Waals surface area contributed by atoms with Gasteiger partial charge in [-0.1, -0.05) is 0 Å². The van der Waals surface area contributed by atoms with Crippen molar-refractivity contribution in [3.8, 4) is 5.75 Å². The van der Waals surface area contributed by atoms with Crippen LogP contribution in [0.3, 0.4) is 0 Å². The van der Waals surface area contributed by atoms with Crippen molar-refractivity contribution in [2.24, 2.45) is 0 Å². The number of halogens is 2. The van der Waals surface area contributed by atoms with Crippen molar-refractivity contribution >= 4 is 17.2 Å². The van der Waals surface area contributed by atoms with Crippen LogP contribution < -0.4 is 15.8 Å². The number of anilines is 3. The third-order valence-electron chi connectivity index (χ3n) is 2.50. The summed E-state index contributed by atoms with van der Waals surface area (Å²) in [5.41, 5.74) is 8.00. The molecule has 0 bridgehead atoms. The normalized spacial score (nSPS) is 10.5. The number of aryl methyl sites for hydroxylation is 1. The Bertz CT molecular complexity index is 558. The fourth-order valence-electron chi connectivity index (χ4n) is 1.48. The molecule has 1 heterocycles. The Morgan fingerprint density at radius 1 is 1.26 bits per heavy atom. The van der Waals surface area contributed by atoms with Crippen molar-refractivity contribution in [2.45, 2.75) is 13.5 Å². The van der Waals surface area contributed by atoms with Crippen LogP contribution in [-0.2, 0) is 0 Å². The minimum Gasteiger partial charge on any atom is -0.435 e. The zero-order valence-electron chi connectivity index (χ0n) is 10.2. The third kappa shape index (κ3) is 3.54. The van der Waals surface area contributed by atoms with Crippen molar-refractivity contribution in [2.75, 3.05) is 11.1 Å². The second-order valence-electron chi connectivity index (χ2n) is 3.95. The fourth-order valence-corrected chi connectivity index (χ4v) is 1.48. The second-order valence-corrected chi connectivity index (χ2v) is 3.95. The van der Waals surface area contributed by atoms with E-state index in [1.807, 2.05) is 6.92 Å². The molecule has 4 nitrogen and oxygen atoms in total. The SMILES string of the molecule is Cc1cnc(Nc2ccc(OC(F)F)cc2)cc1N. The van der Waals surface area contributed by atoms with E-state index in [-0.39, 0.29) is 5.75 Å². The molecule has 0 fully saturated rings. The summed E-state index contributed by atoms with van der Waals surface area (Å²) in [7, 11) is 0. The zero-order chi connectivity index (χ0) is 13.8. The Hall–Kier alpha value is -2.37. The predicted octanol–water partition coefficient (Wildman–Crippen LogP) is 3.32. The standard InChI is InChI=1S/C13H13F2N3O/c1-8-7-17-12(6-11(8)16)18-9-2-4-10(5-3-9)19-13(14)15/h2-7,13H,1H3,(H3,16,17,18). The summed E-state index contributed by atoms with van der Waals surface area (Å²) >= 11 is 0. The van der Waals surface area contributed by atoms with E-state index in [1.54, 1.807) is 24.4 Å². The van der Waals surface area contributed by atoms with Crippen LogP contribution in [-0.4, -0.2) is 11.6 Å². The van der Waals surface area contributed by atoms with Crippen LogP contribution >= 0.6 is 0 Å². The van der Waals surface area contributed by atoms with E-state index in [9.17, 15) is 8.78 Å². The van der Waals surface area contributed by atoms with Gasteiger partial charge in [0, 0.05) is 23.6 Å². The third-order valence-corrected chi connectivity index (χ3v) is 2.50. The molecule has 19 heavy (non-hydrogen) atoms. The van der Waals surface area contributed by atoms with E-state index < -0.39 is 6.61 Å². The Balaban J connectivity index is 2.08. The number of nitrogens with one attached hydrogen (secondary N) is 1. The van der Waals surface area contributed by atoms with E-state index in [4.69, 9.17) is 5.73 Å². The van der Waals surface area contributed by atoms with Gasteiger partial charge in [0.05, 0.1) is 0 Å². The number of nitrogen functional groups attached to an aromatic ring is 1. The van der Waals surface area contributed by atoms with E-state index >= 15 is 0 Å². The highest BCUT2D eigenvalue weighted by molar-refractivity contribution is 5.61. The molecule has 6 heteroatoms. The summed E-state index contributed by atoms with van der Waals surface area (Å²) in [4.78, 5) is 4.16. The van der Waals surface area contributed by atoms with E-state index in [1.165, 1.54) is 12.1 Å². The van der Waals surface area contributed by atoms with Crippen molar-refractivity contribution in [1.82, 2.24) is 4.98 Å². The number of hydrogen-bond donors (Lipinski definition) is 2. The Morgan fingerprint density at radius 2 is 1.95 bits per heavy atom. The minimum absolute atomic E-state index is 0.108. The summed E-state index contributed by atoms with van der Waals surface area (Å²) < 4.78 is 28.2. The lowest BCUT2D eigenvalue weighted by Crippen LogP contribution is -2.02. The summed E-state index contributed by atoms with van der Waals surface area (Å²) in [5.74, 6) is 0.697. The molecule has 0 unspecified atom stereocenters. The molecule has 1 aromatic heterocycles. The molecule has 3 N–H and O–H groups in total. The topological polar surface area (TPSA) is 60.2 Å². The van der Waals surface area contributed by atoms with Gasteiger partial charge in [-0.15, -0.1) is 0 Å². The van der Waals surface area contributed by atoms with Crippen LogP contribution in [0, 0.1) is 6.92 Å². The number of nitrogens with zero attached hydrogens (tertiary/aromatic N) is 1. The predicted molar refractivity (Wildman–Crippen MR) is 69.7 cm³/mol. The molecule has 0 atom stereocenters. The molecule has 0 saturated carbocycles. The first-order valence-electron chi connectivity index (χ1n) is 5.58. The Labute approximate surface area is 109 Å². The fraction of sp³-hybridized carbons (Fsp3) is 0.154. The van der Waals surface area contributed by atoms with Crippen LogP contribution in [0.1, 0.15) is 5.56 Å². The highest BCUT2D eigenvalue weighted by atomic mass is 19.3. The van der Waals surface area contributed by atoms with Gasteiger partial charge in [-0.05, 0) is 36.8 Å². The van der Waals surface area contributed by atoms with Crippen molar-refractivity contribution in [1.29, 1.82) is 0 Å². The molecule has 0 radical (unpaired) electrons. The Morgan fingerprint density at radius 3 is 2.53 bits per heavy atom. The second kappa shape index (κ2) is 5.51. The molecule has 0 aliphatic heterocycles. The zero-order valence-corrected chi connectivity index (χ0v) is 10.2. The molecule has 2 rings (SSSR count). The molecule has 0 aliphatic rings. The average Bonchev–Trinajstić information content (AvgIpc) is 2.36. The number of hydrogen-bond acceptors (Lipinski definition) is 4. The van der Waals surface area contributed by atoms with Crippen LogP contribution in [0.2, 0.25) is 0 Å². The van der Waals surface area contributed by atoms with Gasteiger partial charge in [0.15, 0.2) is 0 Å². The lowest BCUT2D eigenvalue weighted by Gasteiger charge is -2.09. The molecular weight excluding hydrogens is 252 g/mol. The van der Waals surface area contributed by atoms with Gasteiger partial charge < -0.3 is 15.8 Å². The van der Waals surface area contributed by atoms with Crippen LogP contribution in [0.15, 0.2) is 36.5 Å². The van der Waals surface area contributed by atoms with Crippen LogP contribution in [0.5, 0.6) is 5.75 Å². The highest BCUT2D eigenvalue weighted by Gasteiger charge is 2.04. The number of pyridine rings is 1. The van der Waals surface area contributed by atoms with E-state index in [0.29, 0.717) is 17.2 Å². The maximum atomic E-state index is 12.0. The molecule has 0 spiro atoms. The molecular formula is C13H13F2N3O. The van der Waals surface area contributed by atoms with Gasteiger partial charge in [0.25, 0.3) is 0 Å². The van der Waals surface area contributed by atoms with Crippen molar-refractivity contribution in [3.63, 3.8) is 0 Å². The van der Waals surface area contributed by atoms with Gasteiger partial charge in [-0.25, -0.2) is 4.98 Å². The smallest absolute Gasteiger partial charge is 0.387 e. The van der Waals surface area contributed by atoms with Gasteiger partial charge in [0.2, 0.25) is 0 Å². The lowest BCUT2D eigenvalue weighted by molar-refractivity contribution is -0.0498. The summed E-state index contributed by atoms with van der Waals surface area (Å²) in [6.07, 6.45) is 1.66. The van der Waals surface area contributed by atoms with E-state index in [0.717, 1.165) is 5.56 Å². The van der Waals surface area contributed by atoms with Gasteiger partial charge >= 0.3 is 6.61 Å². The largest absolute Gasteiger partial charge is 0.435 e. The first kappa shape index (κ1) is 13.1. The van der Waals surface area contributed by atoms with Crippen LogP contribution in [0.25, 0.3) is 0 Å². The minimum atomic E-state index is -2.82. The quantitative estimate of drug-likeness (QED) is 0.890. The maximum Gasteiger partial charge on any atom is 0.387 e. The van der Waals surface area contributed by atoms with Gasteiger partial charge in [-0.2, -0.15) is 8.78 Å². The molecule has 0 aliphatic carbocycles. The first-order valence-corrected chi connectivity index (χ1v) is 5.58. The number of benzene rings is 1. The number of ether oxygens (including phenoxy) is 1. The summed E-state index contributed by atoms with van der Waals surface area (Å²) in [6, 6.07) is 7.85. The number of rotatable bonds is 4.